The first-order chi connectivity index (χ1) is 15.5. The second-order valence-corrected chi connectivity index (χ2v) is 8.59. The minimum absolute atomic E-state index is 0.173. The summed E-state index contributed by atoms with van der Waals surface area (Å²) < 4.78 is 36.3. The second-order valence-electron chi connectivity index (χ2n) is 7.17. The molecule has 0 saturated carbocycles. The Bertz CT molecular complexity index is 1070. The number of esters is 1. The first kappa shape index (κ1) is 23.8. The van der Waals surface area contributed by atoms with Gasteiger partial charge in [0.1, 0.15) is 5.75 Å². The molecule has 0 fully saturated rings. The topological polar surface area (TPSA) is 77.0 Å². The summed E-state index contributed by atoms with van der Waals surface area (Å²) in [5.41, 5.74) is 0.941. The summed E-state index contributed by atoms with van der Waals surface area (Å²) >= 11 is -1.41. The molecule has 1 unspecified atom stereocenters. The van der Waals surface area contributed by atoms with Crippen LogP contribution in [0.1, 0.15) is 32.3 Å². The lowest BCUT2D eigenvalue weighted by Crippen LogP contribution is -2.10. The highest BCUT2D eigenvalue weighted by Gasteiger charge is 2.30. The molecule has 6 nitrogen and oxygen atoms in total. The van der Waals surface area contributed by atoms with E-state index in [1.807, 2.05) is 42.5 Å². The normalized spacial score (nSPS) is 11.8. The molecule has 3 aromatic carbocycles. The fourth-order valence-corrected chi connectivity index (χ4v) is 4.77. The number of hydrogen-bond donors (Lipinski definition) is 0. The van der Waals surface area contributed by atoms with E-state index in [1.165, 1.54) is 21.1 Å². The first-order valence-electron chi connectivity index (χ1n) is 10.5. The molecule has 0 aliphatic carbocycles. The molecule has 170 valence electrons. The van der Waals surface area contributed by atoms with Crippen LogP contribution >= 0.6 is 0 Å². The summed E-state index contributed by atoms with van der Waals surface area (Å²) in [7, 11) is 2.97. The lowest BCUT2D eigenvalue weighted by Gasteiger charge is -2.21. The van der Waals surface area contributed by atoms with Crippen molar-refractivity contribution in [1.29, 1.82) is 0 Å². The van der Waals surface area contributed by atoms with Gasteiger partial charge in [0.15, 0.2) is 16.4 Å². The van der Waals surface area contributed by atoms with Gasteiger partial charge in [-0.3, -0.25) is 4.79 Å². The smallest absolute Gasteiger partial charge is 0.308 e. The lowest BCUT2D eigenvalue weighted by molar-refractivity contribution is -0.131. The van der Waals surface area contributed by atoms with E-state index in [2.05, 4.69) is 6.92 Å². The average molecular weight is 457 g/mol. The molecule has 3 aromatic rings. The average Bonchev–Trinajstić information content (AvgIpc) is 2.79. The number of fused-ring (bicyclic) bond motifs is 1. The molecular weight excluding hydrogens is 428 g/mol. The largest absolute Gasteiger partial charge is 0.611 e. The number of hydrogen-bond acceptors (Lipinski definition) is 6. The van der Waals surface area contributed by atoms with E-state index in [1.54, 1.807) is 6.07 Å². The van der Waals surface area contributed by atoms with Gasteiger partial charge in [-0.15, -0.1) is 0 Å². The standard InChI is InChI=1S/C25H28O6S/c1-5-6-15-30-22-19-13-10-14-20(32(27)16-18-11-8-7-9-12-18)21(19)23(31-17(2)26)25(29-4)24(22)28-3/h7-14H,5-6,15-16H2,1-4H3. The zero-order valence-corrected chi connectivity index (χ0v) is 19.6. The molecule has 7 heteroatoms. The van der Waals surface area contributed by atoms with Gasteiger partial charge < -0.3 is 23.5 Å². The van der Waals surface area contributed by atoms with E-state index in [4.69, 9.17) is 18.9 Å². The predicted octanol–water partition coefficient (Wildman–Crippen LogP) is 5.27. The van der Waals surface area contributed by atoms with E-state index in [0.717, 1.165) is 18.4 Å². The third-order valence-corrected chi connectivity index (χ3v) is 6.33. The summed E-state index contributed by atoms with van der Waals surface area (Å²) in [6.07, 6.45) is 1.83. The fourth-order valence-electron chi connectivity index (χ4n) is 3.46. The Morgan fingerprint density at radius 1 is 0.938 bits per heavy atom. The van der Waals surface area contributed by atoms with E-state index < -0.39 is 17.1 Å². The van der Waals surface area contributed by atoms with Crippen molar-refractivity contribution in [3.63, 3.8) is 0 Å². The maximum absolute atomic E-state index is 13.4. The molecular formula is C25H28O6S. The van der Waals surface area contributed by atoms with E-state index >= 15 is 0 Å². The van der Waals surface area contributed by atoms with Crippen LogP contribution in [-0.2, 0) is 21.7 Å². The predicted molar refractivity (Wildman–Crippen MR) is 125 cm³/mol. The minimum Gasteiger partial charge on any atom is -0.611 e. The van der Waals surface area contributed by atoms with Crippen LogP contribution in [0.4, 0.5) is 0 Å². The van der Waals surface area contributed by atoms with Crippen LogP contribution in [0.25, 0.3) is 10.8 Å². The van der Waals surface area contributed by atoms with Gasteiger partial charge in [0.05, 0.1) is 26.2 Å². The molecule has 0 aromatic heterocycles. The van der Waals surface area contributed by atoms with Crippen LogP contribution < -0.4 is 18.9 Å². The third kappa shape index (κ3) is 5.11. The second kappa shape index (κ2) is 11.1. The monoisotopic (exact) mass is 456 g/mol. The van der Waals surface area contributed by atoms with E-state index in [9.17, 15) is 9.35 Å². The van der Waals surface area contributed by atoms with Gasteiger partial charge in [-0.2, -0.15) is 0 Å². The van der Waals surface area contributed by atoms with Crippen LogP contribution in [0.15, 0.2) is 53.4 Å². The zero-order chi connectivity index (χ0) is 23.1. The molecule has 1 atom stereocenters. The van der Waals surface area contributed by atoms with Crippen molar-refractivity contribution in [2.45, 2.75) is 37.3 Å². The molecule has 0 radical (unpaired) electrons. The van der Waals surface area contributed by atoms with Gasteiger partial charge >= 0.3 is 5.97 Å². The molecule has 0 saturated heterocycles. The van der Waals surface area contributed by atoms with Crippen LogP contribution in [0.5, 0.6) is 23.0 Å². The number of unbranched alkanes of at least 4 members (excludes halogenated alkanes) is 1. The molecule has 0 heterocycles. The lowest BCUT2D eigenvalue weighted by atomic mass is 10.1. The van der Waals surface area contributed by atoms with Crippen LogP contribution in [-0.4, -0.2) is 31.3 Å². The van der Waals surface area contributed by atoms with E-state index in [-0.39, 0.29) is 11.5 Å². The number of methoxy groups -OCH3 is 2. The highest BCUT2D eigenvalue weighted by Crippen LogP contribution is 2.52. The van der Waals surface area contributed by atoms with Gasteiger partial charge in [-0.25, -0.2) is 0 Å². The van der Waals surface area contributed by atoms with Crippen molar-refractivity contribution in [2.75, 3.05) is 20.8 Å². The number of ether oxygens (including phenoxy) is 4. The van der Waals surface area contributed by atoms with Crippen molar-refractivity contribution in [2.24, 2.45) is 0 Å². The molecule has 3 rings (SSSR count). The fraction of sp³-hybridized carbons (Fsp3) is 0.320. The van der Waals surface area contributed by atoms with Gasteiger partial charge in [0, 0.05) is 17.9 Å². The van der Waals surface area contributed by atoms with Crippen molar-refractivity contribution >= 4 is 27.9 Å². The number of benzene rings is 3. The first-order valence-corrected chi connectivity index (χ1v) is 11.8. The molecule has 0 bridgehead atoms. The maximum atomic E-state index is 13.4. The van der Waals surface area contributed by atoms with Crippen molar-refractivity contribution in [1.82, 2.24) is 0 Å². The molecule has 0 aliphatic rings. The number of rotatable bonds is 10. The maximum Gasteiger partial charge on any atom is 0.308 e. The minimum atomic E-state index is -1.41. The van der Waals surface area contributed by atoms with Gasteiger partial charge in [-0.05, 0) is 29.7 Å². The summed E-state index contributed by atoms with van der Waals surface area (Å²) in [5, 5.41) is 1.16. The van der Waals surface area contributed by atoms with Crippen LogP contribution in [0.2, 0.25) is 0 Å². The van der Waals surface area contributed by atoms with Gasteiger partial charge in [-0.1, -0.05) is 49.7 Å². The van der Waals surface area contributed by atoms with Gasteiger partial charge in [0.25, 0.3) is 0 Å². The van der Waals surface area contributed by atoms with E-state index in [0.29, 0.717) is 39.5 Å². The summed E-state index contributed by atoms with van der Waals surface area (Å²) in [5.74, 6) is 1.01. The molecule has 0 N–H and O–H groups in total. The Balaban J connectivity index is 2.26. The quantitative estimate of drug-likeness (QED) is 0.179. The SMILES string of the molecule is CCCCOc1c(OC)c(OC)c(OC(C)=O)c2c([S+]([O-])Cc3ccccc3)cccc12. The van der Waals surface area contributed by atoms with Crippen LogP contribution in [0.3, 0.4) is 0 Å². The zero-order valence-electron chi connectivity index (χ0n) is 18.8. The van der Waals surface area contributed by atoms with Crippen LogP contribution in [0, 0.1) is 0 Å². The summed E-state index contributed by atoms with van der Waals surface area (Å²) in [4.78, 5) is 12.5. The number of carbonyl (C=O) groups excluding carboxylic acids is 1. The highest BCUT2D eigenvalue weighted by molar-refractivity contribution is 7.90. The number of carbonyl (C=O) groups is 1. The Labute approximate surface area is 191 Å². The summed E-state index contributed by atoms with van der Waals surface area (Å²) in [6, 6.07) is 15.0. The molecule has 0 spiro atoms. The van der Waals surface area contributed by atoms with Crippen molar-refractivity contribution in [3.05, 3.63) is 54.1 Å². The molecule has 0 amide bonds. The van der Waals surface area contributed by atoms with Gasteiger partial charge in [0.2, 0.25) is 11.5 Å². The molecule has 0 aliphatic heterocycles. The molecule has 32 heavy (non-hydrogen) atoms. The highest BCUT2D eigenvalue weighted by atomic mass is 32.2. The third-order valence-electron chi connectivity index (χ3n) is 4.90. The Kier molecular flexibility index (Phi) is 8.25. The Morgan fingerprint density at radius 2 is 1.62 bits per heavy atom. The Hall–Kier alpha value is -2.90. The van der Waals surface area contributed by atoms with Crippen molar-refractivity contribution < 1.29 is 28.3 Å². The summed E-state index contributed by atoms with van der Waals surface area (Å²) in [6.45, 7) is 3.87. The van der Waals surface area contributed by atoms with Crippen molar-refractivity contribution in [3.8, 4) is 23.0 Å². The Morgan fingerprint density at radius 3 is 2.25 bits per heavy atom.